The number of amides is 1. The Morgan fingerprint density at radius 1 is 1.15 bits per heavy atom. The van der Waals surface area contributed by atoms with Crippen molar-refractivity contribution in [3.63, 3.8) is 0 Å². The number of carbonyl (C=O) groups is 1. The molecule has 0 radical (unpaired) electrons. The first-order valence-electron chi connectivity index (χ1n) is 13.7. The molecule has 2 aromatic rings. The van der Waals surface area contributed by atoms with Crippen LogP contribution in [0.5, 0.6) is 11.5 Å². The lowest BCUT2D eigenvalue weighted by Gasteiger charge is -2.47. The van der Waals surface area contributed by atoms with E-state index >= 15 is 0 Å². The van der Waals surface area contributed by atoms with E-state index in [4.69, 9.17) is 21.1 Å². The van der Waals surface area contributed by atoms with Crippen LogP contribution in [0.25, 0.3) is 0 Å². The summed E-state index contributed by atoms with van der Waals surface area (Å²) >= 11 is 8.05. The zero-order valence-corrected chi connectivity index (χ0v) is 25.0. The highest BCUT2D eigenvalue weighted by Crippen LogP contribution is 2.52. The first-order valence-corrected chi connectivity index (χ1v) is 15.3. The molecule has 40 heavy (non-hydrogen) atoms. The van der Waals surface area contributed by atoms with Crippen LogP contribution in [0, 0.1) is 19.8 Å². The number of aryl methyl sites for hydroxylation is 1. The van der Waals surface area contributed by atoms with Crippen LogP contribution in [0.3, 0.4) is 0 Å². The number of alkyl halides is 2. The summed E-state index contributed by atoms with van der Waals surface area (Å²) in [5.41, 5.74) is 1.99. The van der Waals surface area contributed by atoms with Gasteiger partial charge < -0.3 is 24.7 Å². The number of rotatable bonds is 7. The van der Waals surface area contributed by atoms with E-state index in [1.54, 1.807) is 13.0 Å². The summed E-state index contributed by atoms with van der Waals surface area (Å²) in [4.78, 5) is 31.4. The molecular weight excluding hydrogens is 560 g/mol. The number of pyridine rings is 1. The third-order valence-electron chi connectivity index (χ3n) is 8.83. The topological polar surface area (TPSA) is 83.7 Å². The highest BCUT2D eigenvalue weighted by molar-refractivity contribution is 7.98. The first kappa shape index (κ1) is 29.2. The van der Waals surface area contributed by atoms with Crippen LogP contribution in [0.2, 0.25) is 5.02 Å². The SMILES string of the molecule is CSc1cc(C)[nH]c(=O)c1CNC(=O)c1cc(Cl)c2c(c1C)O[C@](C)([C@H]1CC[C@@H](N(C)C3CC(F)(F)C3)CC1)O2. The predicted octanol–water partition coefficient (Wildman–Crippen LogP) is 6.07. The number of fused-ring (bicyclic) bond motifs is 1. The molecule has 7 nitrogen and oxygen atoms in total. The normalized spacial score (nSPS) is 25.6. The summed E-state index contributed by atoms with van der Waals surface area (Å²) in [7, 11) is 1.96. The van der Waals surface area contributed by atoms with Gasteiger partial charge in [-0.25, -0.2) is 8.78 Å². The zero-order chi connectivity index (χ0) is 29.0. The summed E-state index contributed by atoms with van der Waals surface area (Å²) in [6.07, 6.45) is 5.17. The highest BCUT2D eigenvalue weighted by atomic mass is 35.5. The fourth-order valence-electron chi connectivity index (χ4n) is 6.27. The van der Waals surface area contributed by atoms with E-state index in [9.17, 15) is 18.4 Å². The van der Waals surface area contributed by atoms with Crippen LogP contribution in [0.15, 0.2) is 21.8 Å². The third-order valence-corrected chi connectivity index (χ3v) is 9.91. The average Bonchev–Trinajstić information content (AvgIpc) is 3.27. The van der Waals surface area contributed by atoms with Crippen molar-refractivity contribution >= 4 is 29.3 Å². The summed E-state index contributed by atoms with van der Waals surface area (Å²) in [5.74, 6) is -2.87. The molecule has 2 aliphatic carbocycles. The molecular formula is C29H36ClF2N3O4S. The van der Waals surface area contributed by atoms with Crippen LogP contribution in [0.1, 0.15) is 72.6 Å². The number of hydrogen-bond acceptors (Lipinski definition) is 6. The lowest BCUT2D eigenvalue weighted by atomic mass is 9.79. The molecule has 0 spiro atoms. The van der Waals surface area contributed by atoms with Crippen LogP contribution in [-0.2, 0) is 6.54 Å². The Labute approximate surface area is 242 Å². The second-order valence-corrected chi connectivity index (χ2v) is 12.8. The molecule has 0 saturated heterocycles. The number of H-pyrrole nitrogens is 1. The van der Waals surface area contributed by atoms with Gasteiger partial charge in [0.25, 0.3) is 23.2 Å². The second kappa shape index (κ2) is 10.8. The Bertz CT molecular complexity index is 1370. The molecule has 0 unspecified atom stereocenters. The number of carbonyl (C=O) groups excluding carboxylic acids is 1. The van der Waals surface area contributed by atoms with Gasteiger partial charge in [-0.1, -0.05) is 11.6 Å². The van der Waals surface area contributed by atoms with Gasteiger partial charge in [0.05, 0.1) is 5.02 Å². The molecule has 218 valence electrons. The highest BCUT2D eigenvalue weighted by Gasteiger charge is 2.51. The van der Waals surface area contributed by atoms with Gasteiger partial charge in [0.1, 0.15) is 0 Å². The lowest BCUT2D eigenvalue weighted by molar-refractivity contribution is -0.141. The number of aromatic nitrogens is 1. The molecule has 1 atom stereocenters. The average molecular weight is 596 g/mol. The third kappa shape index (κ3) is 5.46. The smallest absolute Gasteiger partial charge is 0.254 e. The fraction of sp³-hybridized carbons (Fsp3) is 0.586. The number of hydrogen-bond donors (Lipinski definition) is 2. The van der Waals surface area contributed by atoms with Crippen LogP contribution >= 0.6 is 23.4 Å². The summed E-state index contributed by atoms with van der Waals surface area (Å²) in [5, 5.41) is 3.14. The molecule has 1 aliphatic heterocycles. The van der Waals surface area contributed by atoms with Crippen molar-refractivity contribution in [2.45, 2.75) is 94.5 Å². The lowest BCUT2D eigenvalue weighted by Crippen LogP contribution is -2.54. The molecule has 11 heteroatoms. The molecule has 5 rings (SSSR count). The molecule has 2 N–H and O–H groups in total. The van der Waals surface area contributed by atoms with Crippen LogP contribution in [0.4, 0.5) is 8.78 Å². The number of aromatic amines is 1. The van der Waals surface area contributed by atoms with Gasteiger partial charge in [-0.3, -0.25) is 9.59 Å². The van der Waals surface area contributed by atoms with Crippen molar-refractivity contribution in [1.82, 2.24) is 15.2 Å². The van der Waals surface area contributed by atoms with Gasteiger partial charge >= 0.3 is 0 Å². The Hall–Kier alpha value is -2.30. The number of benzene rings is 1. The standard InChI is InChI=1S/C29H36ClF2N3O4S/c1-15-10-23(40-5)21(27(37)34-15)14-33-26(36)20-11-22(30)25-24(16(20)2)38-28(3,39-25)17-6-8-18(9-7-17)35(4)19-12-29(31,32)13-19/h10-11,17-19H,6-9,12-14H2,1-5H3,(H,33,36)(H,34,37)/t17-,18+,28-/m0/s1. The number of thioether (sulfide) groups is 1. The number of halogens is 3. The van der Waals surface area contributed by atoms with E-state index in [1.165, 1.54) is 11.8 Å². The molecule has 2 fully saturated rings. The van der Waals surface area contributed by atoms with Crippen molar-refractivity contribution in [1.29, 1.82) is 0 Å². The quantitative estimate of drug-likeness (QED) is 0.378. The minimum absolute atomic E-state index is 0.0573. The first-order chi connectivity index (χ1) is 18.8. The van der Waals surface area contributed by atoms with E-state index in [1.807, 2.05) is 33.2 Å². The Kier molecular flexibility index (Phi) is 7.91. The Balaban J connectivity index is 1.26. The molecule has 2 heterocycles. The molecule has 1 amide bonds. The van der Waals surface area contributed by atoms with E-state index in [0.29, 0.717) is 28.2 Å². The van der Waals surface area contributed by atoms with Crippen molar-refractivity contribution in [3.05, 3.63) is 49.9 Å². The van der Waals surface area contributed by atoms with Crippen molar-refractivity contribution in [2.24, 2.45) is 5.92 Å². The summed E-state index contributed by atoms with van der Waals surface area (Å²) in [6, 6.07) is 3.67. The van der Waals surface area contributed by atoms with Gasteiger partial charge in [0.2, 0.25) is 0 Å². The van der Waals surface area contributed by atoms with Gasteiger partial charge in [-0.05, 0) is 65.0 Å². The largest absolute Gasteiger partial charge is 0.448 e. The number of nitrogens with one attached hydrogen (secondary N) is 2. The maximum atomic E-state index is 13.4. The molecule has 2 saturated carbocycles. The van der Waals surface area contributed by atoms with E-state index in [2.05, 4.69) is 15.2 Å². The second-order valence-electron chi connectivity index (χ2n) is 11.5. The van der Waals surface area contributed by atoms with Crippen molar-refractivity contribution in [3.8, 4) is 11.5 Å². The fourth-order valence-corrected chi connectivity index (χ4v) is 7.21. The van der Waals surface area contributed by atoms with Gasteiger partial charge in [0, 0.05) is 71.6 Å². The van der Waals surface area contributed by atoms with Gasteiger partial charge in [-0.15, -0.1) is 11.8 Å². The van der Waals surface area contributed by atoms with E-state index < -0.39 is 11.7 Å². The van der Waals surface area contributed by atoms with Crippen LogP contribution in [-0.4, -0.2) is 52.9 Å². The molecule has 0 bridgehead atoms. The number of nitrogens with zero attached hydrogens (tertiary/aromatic N) is 1. The Morgan fingerprint density at radius 3 is 2.42 bits per heavy atom. The zero-order valence-electron chi connectivity index (χ0n) is 23.5. The minimum Gasteiger partial charge on any atom is -0.448 e. The summed E-state index contributed by atoms with van der Waals surface area (Å²) < 4.78 is 39.5. The van der Waals surface area contributed by atoms with E-state index in [-0.39, 0.29) is 53.9 Å². The van der Waals surface area contributed by atoms with Crippen LogP contribution < -0.4 is 20.3 Å². The van der Waals surface area contributed by atoms with Gasteiger partial charge in [0.15, 0.2) is 11.5 Å². The predicted molar refractivity (Wildman–Crippen MR) is 152 cm³/mol. The van der Waals surface area contributed by atoms with Gasteiger partial charge in [-0.2, -0.15) is 0 Å². The monoisotopic (exact) mass is 595 g/mol. The minimum atomic E-state index is -2.52. The maximum Gasteiger partial charge on any atom is 0.254 e. The molecule has 1 aromatic heterocycles. The summed E-state index contributed by atoms with van der Waals surface area (Å²) in [6.45, 7) is 5.59. The van der Waals surface area contributed by atoms with E-state index in [0.717, 1.165) is 36.3 Å². The number of ether oxygens (including phenoxy) is 2. The van der Waals surface area contributed by atoms with Crippen molar-refractivity contribution in [2.75, 3.05) is 13.3 Å². The maximum absolute atomic E-state index is 13.4. The van der Waals surface area contributed by atoms with Crippen molar-refractivity contribution < 1.29 is 23.0 Å². The molecule has 3 aliphatic rings. The Morgan fingerprint density at radius 2 is 1.80 bits per heavy atom. The molecule has 1 aromatic carbocycles.